The van der Waals surface area contributed by atoms with Crippen molar-refractivity contribution in [2.75, 3.05) is 51.3 Å². The first-order valence-electron chi connectivity index (χ1n) is 9.50. The van der Waals surface area contributed by atoms with Gasteiger partial charge in [-0.1, -0.05) is 29.0 Å². The van der Waals surface area contributed by atoms with E-state index in [-0.39, 0.29) is 5.91 Å². The number of piperazine rings is 1. The van der Waals surface area contributed by atoms with Crippen LogP contribution in [0.15, 0.2) is 24.3 Å². The molecule has 1 aliphatic rings. The van der Waals surface area contributed by atoms with Crippen LogP contribution >= 0.6 is 34.3 Å². The summed E-state index contributed by atoms with van der Waals surface area (Å²) in [6, 6.07) is 7.58. The molecule has 0 radical (unpaired) electrons. The van der Waals surface area contributed by atoms with Crippen molar-refractivity contribution in [3.63, 3.8) is 0 Å². The quantitative estimate of drug-likeness (QED) is 0.617. The molecule has 2 aromatic heterocycles. The van der Waals surface area contributed by atoms with E-state index in [1.54, 1.807) is 30.6 Å². The zero-order valence-corrected chi connectivity index (χ0v) is 18.8. The van der Waals surface area contributed by atoms with Gasteiger partial charge < -0.3 is 15.0 Å². The SMILES string of the molecule is COc1ccc(C)c2sc(N3CCN(CCNC(=O)c4ccc(Cl)s4)CC3)nc12. The second-order valence-corrected chi connectivity index (χ2v) is 9.64. The topological polar surface area (TPSA) is 57.7 Å². The van der Waals surface area contributed by atoms with Gasteiger partial charge in [0.25, 0.3) is 5.91 Å². The molecule has 0 unspecified atom stereocenters. The molecule has 0 bridgehead atoms. The van der Waals surface area contributed by atoms with Crippen LogP contribution in [0.4, 0.5) is 5.13 Å². The van der Waals surface area contributed by atoms with Crippen LogP contribution in [-0.4, -0.2) is 62.2 Å². The van der Waals surface area contributed by atoms with Gasteiger partial charge in [-0.15, -0.1) is 11.3 Å². The second kappa shape index (κ2) is 8.87. The van der Waals surface area contributed by atoms with E-state index in [1.807, 2.05) is 6.07 Å². The Balaban J connectivity index is 1.30. The predicted octanol–water partition coefficient (Wildman–Crippen LogP) is 3.88. The summed E-state index contributed by atoms with van der Waals surface area (Å²) in [6.45, 7) is 7.34. The molecule has 1 aliphatic heterocycles. The van der Waals surface area contributed by atoms with Crippen molar-refractivity contribution in [3.8, 4) is 5.75 Å². The zero-order chi connectivity index (χ0) is 20.4. The summed E-state index contributed by atoms with van der Waals surface area (Å²) in [7, 11) is 1.69. The van der Waals surface area contributed by atoms with Gasteiger partial charge >= 0.3 is 0 Å². The number of thiophene rings is 1. The van der Waals surface area contributed by atoms with Crippen molar-refractivity contribution in [2.45, 2.75) is 6.92 Å². The highest BCUT2D eigenvalue weighted by Crippen LogP contribution is 2.36. The summed E-state index contributed by atoms with van der Waals surface area (Å²) in [5.41, 5.74) is 2.18. The van der Waals surface area contributed by atoms with Gasteiger partial charge in [0.15, 0.2) is 5.13 Å². The fraction of sp³-hybridized carbons (Fsp3) is 0.400. The Bertz CT molecular complexity index is 1010. The summed E-state index contributed by atoms with van der Waals surface area (Å²) < 4.78 is 7.30. The van der Waals surface area contributed by atoms with Crippen LogP contribution in [0.25, 0.3) is 10.2 Å². The Kier molecular flexibility index (Phi) is 6.24. The molecule has 1 fully saturated rings. The van der Waals surface area contributed by atoms with Crippen LogP contribution in [-0.2, 0) is 0 Å². The molecule has 1 saturated heterocycles. The van der Waals surface area contributed by atoms with Crippen LogP contribution in [0.1, 0.15) is 15.2 Å². The number of fused-ring (bicyclic) bond motifs is 1. The molecule has 3 aromatic rings. The minimum Gasteiger partial charge on any atom is -0.494 e. The van der Waals surface area contributed by atoms with E-state index in [9.17, 15) is 4.79 Å². The maximum Gasteiger partial charge on any atom is 0.261 e. The lowest BCUT2D eigenvalue weighted by Gasteiger charge is -2.34. The van der Waals surface area contributed by atoms with Crippen LogP contribution < -0.4 is 15.0 Å². The lowest BCUT2D eigenvalue weighted by atomic mass is 10.2. The molecule has 4 rings (SSSR count). The summed E-state index contributed by atoms with van der Waals surface area (Å²) in [6.07, 6.45) is 0. The molecule has 9 heteroatoms. The lowest BCUT2D eigenvalue weighted by molar-refractivity contribution is 0.0952. The number of carbonyl (C=O) groups is 1. The monoisotopic (exact) mass is 450 g/mol. The minimum atomic E-state index is -0.0562. The average molecular weight is 451 g/mol. The molecule has 29 heavy (non-hydrogen) atoms. The average Bonchev–Trinajstić information content (AvgIpc) is 3.36. The number of carbonyl (C=O) groups excluding carboxylic acids is 1. The molecule has 1 amide bonds. The van der Waals surface area contributed by atoms with E-state index < -0.39 is 0 Å². The first-order valence-corrected chi connectivity index (χ1v) is 11.5. The molecule has 0 atom stereocenters. The first kappa shape index (κ1) is 20.4. The van der Waals surface area contributed by atoms with Gasteiger partial charge in [0.05, 0.1) is 21.0 Å². The third-order valence-corrected chi connectivity index (χ3v) is 7.55. The summed E-state index contributed by atoms with van der Waals surface area (Å²) in [5.74, 6) is 0.772. The molecule has 0 spiro atoms. The number of nitrogens with zero attached hydrogens (tertiary/aromatic N) is 3. The van der Waals surface area contributed by atoms with E-state index in [4.69, 9.17) is 21.3 Å². The molecule has 0 aliphatic carbocycles. The number of hydrogen-bond acceptors (Lipinski definition) is 7. The number of halogens is 1. The molecule has 1 aromatic carbocycles. The molecule has 1 N–H and O–H groups in total. The molecule has 0 saturated carbocycles. The molecule has 6 nitrogen and oxygen atoms in total. The number of benzene rings is 1. The molecular weight excluding hydrogens is 428 g/mol. The van der Waals surface area contributed by atoms with Crippen molar-refractivity contribution < 1.29 is 9.53 Å². The number of aryl methyl sites for hydroxylation is 1. The number of hydrogen-bond donors (Lipinski definition) is 1. The van der Waals surface area contributed by atoms with Crippen molar-refractivity contribution in [1.29, 1.82) is 0 Å². The first-order chi connectivity index (χ1) is 14.0. The normalized spacial score (nSPS) is 15.1. The van der Waals surface area contributed by atoms with Crippen LogP contribution in [0.2, 0.25) is 4.34 Å². The Morgan fingerprint density at radius 1 is 1.21 bits per heavy atom. The third kappa shape index (κ3) is 4.50. The van der Waals surface area contributed by atoms with E-state index in [0.29, 0.717) is 15.8 Å². The fourth-order valence-electron chi connectivity index (χ4n) is 3.41. The zero-order valence-electron chi connectivity index (χ0n) is 16.4. The maximum atomic E-state index is 12.1. The van der Waals surface area contributed by atoms with Gasteiger partial charge in [0.1, 0.15) is 11.3 Å². The van der Waals surface area contributed by atoms with Crippen molar-refractivity contribution in [1.82, 2.24) is 15.2 Å². The van der Waals surface area contributed by atoms with Gasteiger partial charge in [-0.05, 0) is 30.7 Å². The van der Waals surface area contributed by atoms with Crippen molar-refractivity contribution in [2.24, 2.45) is 0 Å². The van der Waals surface area contributed by atoms with Gasteiger partial charge in [0.2, 0.25) is 0 Å². The second-order valence-electron chi connectivity index (χ2n) is 6.95. The van der Waals surface area contributed by atoms with Crippen LogP contribution in [0, 0.1) is 6.92 Å². The highest BCUT2D eigenvalue weighted by molar-refractivity contribution is 7.22. The Hall–Kier alpha value is -1.87. The Labute approximate surface area is 183 Å². The van der Waals surface area contributed by atoms with Gasteiger partial charge in [0, 0.05) is 39.3 Å². The van der Waals surface area contributed by atoms with Gasteiger partial charge in [-0.2, -0.15) is 0 Å². The number of ether oxygens (including phenoxy) is 1. The van der Waals surface area contributed by atoms with Crippen LogP contribution in [0.3, 0.4) is 0 Å². The van der Waals surface area contributed by atoms with Crippen molar-refractivity contribution in [3.05, 3.63) is 39.0 Å². The number of nitrogens with one attached hydrogen (secondary N) is 1. The lowest BCUT2D eigenvalue weighted by Crippen LogP contribution is -2.48. The summed E-state index contributed by atoms with van der Waals surface area (Å²) in [5, 5.41) is 4.02. The number of anilines is 1. The fourth-order valence-corrected chi connectivity index (χ4v) is 5.47. The Morgan fingerprint density at radius 3 is 2.69 bits per heavy atom. The predicted molar refractivity (Wildman–Crippen MR) is 121 cm³/mol. The number of thiazole rings is 1. The number of methoxy groups -OCH3 is 1. The van der Waals surface area contributed by atoms with E-state index in [2.05, 4.69) is 28.1 Å². The van der Waals surface area contributed by atoms with E-state index >= 15 is 0 Å². The number of amides is 1. The van der Waals surface area contributed by atoms with Gasteiger partial charge in [-0.25, -0.2) is 4.98 Å². The van der Waals surface area contributed by atoms with Crippen LogP contribution in [0.5, 0.6) is 5.75 Å². The highest BCUT2D eigenvalue weighted by atomic mass is 35.5. The number of aromatic nitrogens is 1. The molecule has 154 valence electrons. The maximum absolute atomic E-state index is 12.1. The standard InChI is InChI=1S/C20H23ClN4O2S2/c1-13-3-4-14(27-2)17-18(13)29-20(23-17)25-11-9-24(10-12-25)8-7-22-19(26)15-5-6-16(21)28-15/h3-6H,7-12H2,1-2H3,(H,22,26). The smallest absolute Gasteiger partial charge is 0.261 e. The molecule has 3 heterocycles. The highest BCUT2D eigenvalue weighted by Gasteiger charge is 2.21. The summed E-state index contributed by atoms with van der Waals surface area (Å²) in [4.78, 5) is 22.3. The third-order valence-electron chi connectivity index (χ3n) is 5.07. The van der Waals surface area contributed by atoms with Crippen molar-refractivity contribution >= 4 is 55.5 Å². The largest absolute Gasteiger partial charge is 0.494 e. The molecular formula is C20H23ClN4O2S2. The van der Waals surface area contributed by atoms with Gasteiger partial charge in [-0.3, -0.25) is 9.69 Å². The number of rotatable bonds is 6. The minimum absolute atomic E-state index is 0.0562. The van der Waals surface area contributed by atoms with E-state index in [0.717, 1.165) is 49.1 Å². The van der Waals surface area contributed by atoms with E-state index in [1.165, 1.54) is 21.6 Å². The summed E-state index contributed by atoms with van der Waals surface area (Å²) >= 11 is 8.93. The Morgan fingerprint density at radius 2 is 2.00 bits per heavy atom.